The van der Waals surface area contributed by atoms with Crippen molar-refractivity contribution in [1.29, 1.82) is 0 Å². The lowest BCUT2D eigenvalue weighted by Gasteiger charge is -2.16. The Morgan fingerprint density at radius 1 is 1.33 bits per heavy atom. The Labute approximate surface area is 149 Å². The Kier molecular flexibility index (Phi) is 6.44. The first-order valence-electron chi connectivity index (χ1n) is 8.74. The van der Waals surface area contributed by atoms with Crippen LogP contribution in [0.3, 0.4) is 0 Å². The molecular weight excluding hydrogens is 320 g/mol. The molecule has 0 amide bonds. The minimum atomic E-state index is -0.0756. The number of hydrogen-bond acceptors (Lipinski definition) is 4. The molecular formula is C19H29N2O2S+. The summed E-state index contributed by atoms with van der Waals surface area (Å²) in [5.74, 6) is 2.08. The maximum atomic E-state index is 11.3. The standard InChI is InChI=1S/C19H29N2O2S/c1-6-23-17(22)10-8-7-9-11-24-15-12-16-18(21(5)13-15)20-14(2)19(16,3)4/h12-13H,6-11H2,1-5H3/q+1. The van der Waals surface area contributed by atoms with Gasteiger partial charge in [0.25, 0.3) is 0 Å². The van der Waals surface area contributed by atoms with E-state index in [1.54, 1.807) is 0 Å². The van der Waals surface area contributed by atoms with Crippen LogP contribution in [0.2, 0.25) is 0 Å². The van der Waals surface area contributed by atoms with Crippen LogP contribution < -0.4 is 4.57 Å². The lowest BCUT2D eigenvalue weighted by atomic mass is 9.83. The minimum Gasteiger partial charge on any atom is -0.466 e. The summed E-state index contributed by atoms with van der Waals surface area (Å²) in [6, 6.07) is 2.29. The van der Waals surface area contributed by atoms with Crippen molar-refractivity contribution in [3.8, 4) is 0 Å². The van der Waals surface area contributed by atoms with Gasteiger partial charge in [0.1, 0.15) is 11.9 Å². The number of rotatable bonds is 8. The van der Waals surface area contributed by atoms with Crippen LogP contribution in [0.1, 0.15) is 58.9 Å². The first-order chi connectivity index (χ1) is 11.4. The van der Waals surface area contributed by atoms with Crippen molar-refractivity contribution in [3.05, 3.63) is 17.8 Å². The summed E-state index contributed by atoms with van der Waals surface area (Å²) < 4.78 is 7.08. The van der Waals surface area contributed by atoms with Gasteiger partial charge in [-0.15, -0.1) is 11.8 Å². The molecule has 0 saturated carbocycles. The quantitative estimate of drug-likeness (QED) is 0.307. The zero-order valence-corrected chi connectivity index (χ0v) is 16.3. The van der Waals surface area contributed by atoms with Crippen molar-refractivity contribution >= 4 is 29.3 Å². The molecule has 0 unspecified atom stereocenters. The van der Waals surface area contributed by atoms with Crippen LogP contribution in [0.5, 0.6) is 0 Å². The van der Waals surface area contributed by atoms with E-state index in [9.17, 15) is 4.79 Å². The van der Waals surface area contributed by atoms with E-state index in [4.69, 9.17) is 9.73 Å². The van der Waals surface area contributed by atoms with Crippen molar-refractivity contribution in [2.45, 2.75) is 63.7 Å². The number of aryl methyl sites for hydroxylation is 1. The molecule has 0 radical (unpaired) electrons. The monoisotopic (exact) mass is 349 g/mol. The van der Waals surface area contributed by atoms with Crippen LogP contribution >= 0.6 is 11.8 Å². The molecule has 0 aromatic carbocycles. The fourth-order valence-corrected chi connectivity index (χ4v) is 3.85. The number of esters is 1. The molecule has 2 heterocycles. The predicted molar refractivity (Wildman–Crippen MR) is 99.2 cm³/mol. The first-order valence-corrected chi connectivity index (χ1v) is 9.73. The molecule has 2 rings (SSSR count). The van der Waals surface area contributed by atoms with Crippen molar-refractivity contribution < 1.29 is 14.1 Å². The van der Waals surface area contributed by atoms with Crippen molar-refractivity contribution in [2.24, 2.45) is 12.0 Å². The second kappa shape index (κ2) is 8.15. The maximum absolute atomic E-state index is 11.3. The van der Waals surface area contributed by atoms with Crippen molar-refractivity contribution in [3.63, 3.8) is 0 Å². The Hall–Kier alpha value is -1.36. The van der Waals surface area contributed by atoms with Gasteiger partial charge in [0.05, 0.1) is 24.6 Å². The minimum absolute atomic E-state index is 0.0172. The van der Waals surface area contributed by atoms with E-state index in [-0.39, 0.29) is 11.4 Å². The molecule has 4 nitrogen and oxygen atoms in total. The van der Waals surface area contributed by atoms with Crippen LogP contribution in [-0.4, -0.2) is 24.0 Å². The largest absolute Gasteiger partial charge is 0.466 e. The average molecular weight is 350 g/mol. The summed E-state index contributed by atoms with van der Waals surface area (Å²) in [4.78, 5) is 17.3. The fraction of sp³-hybridized carbons (Fsp3) is 0.632. The number of fused-ring (bicyclic) bond motifs is 1. The van der Waals surface area contributed by atoms with Crippen LogP contribution in [0.15, 0.2) is 22.2 Å². The van der Waals surface area contributed by atoms with Crippen molar-refractivity contribution in [1.82, 2.24) is 0 Å². The molecule has 0 N–H and O–H groups in total. The number of ether oxygens (including phenoxy) is 1. The van der Waals surface area contributed by atoms with Gasteiger partial charge in [-0.3, -0.25) is 4.79 Å². The molecule has 1 aliphatic rings. The first kappa shape index (κ1) is 19.0. The Balaban J connectivity index is 1.82. The molecule has 0 fully saturated rings. The molecule has 0 bridgehead atoms. The Morgan fingerprint density at radius 2 is 2.08 bits per heavy atom. The third-order valence-corrected chi connectivity index (χ3v) is 5.68. The summed E-state index contributed by atoms with van der Waals surface area (Å²) in [7, 11) is 2.07. The van der Waals surface area contributed by atoms with Crippen LogP contribution in [0, 0.1) is 0 Å². The van der Waals surface area contributed by atoms with Gasteiger partial charge in [0.15, 0.2) is 0 Å². The van der Waals surface area contributed by atoms with Gasteiger partial charge in [-0.2, -0.15) is 0 Å². The molecule has 1 aliphatic heterocycles. The van der Waals surface area contributed by atoms with E-state index in [1.807, 2.05) is 18.7 Å². The number of thioether (sulfide) groups is 1. The third-order valence-electron chi connectivity index (χ3n) is 4.63. The van der Waals surface area contributed by atoms with Crippen LogP contribution in [0.4, 0.5) is 5.82 Å². The van der Waals surface area contributed by atoms with Crippen molar-refractivity contribution in [2.75, 3.05) is 12.4 Å². The molecule has 24 heavy (non-hydrogen) atoms. The van der Waals surface area contributed by atoms with Gasteiger partial charge in [-0.25, -0.2) is 4.57 Å². The van der Waals surface area contributed by atoms with Gasteiger partial charge < -0.3 is 4.74 Å². The second-order valence-corrected chi connectivity index (χ2v) is 7.98. The summed E-state index contributed by atoms with van der Waals surface area (Å²) in [6.45, 7) is 8.90. The average Bonchev–Trinajstić information content (AvgIpc) is 2.75. The molecule has 5 heteroatoms. The summed E-state index contributed by atoms with van der Waals surface area (Å²) >= 11 is 1.88. The summed E-state index contributed by atoms with van der Waals surface area (Å²) in [6.07, 6.45) is 5.80. The summed E-state index contributed by atoms with van der Waals surface area (Å²) in [5.41, 5.74) is 2.51. The number of aliphatic imine (C=N–C) groups is 1. The molecule has 0 atom stereocenters. The molecule has 1 aromatic rings. The highest BCUT2D eigenvalue weighted by molar-refractivity contribution is 7.99. The number of hydrogen-bond donors (Lipinski definition) is 0. The van der Waals surface area contributed by atoms with E-state index in [2.05, 4.69) is 44.6 Å². The molecule has 1 aromatic heterocycles. The maximum Gasteiger partial charge on any atom is 0.326 e. The predicted octanol–water partition coefficient (Wildman–Crippen LogP) is 4.11. The normalized spacial score (nSPS) is 15.1. The van der Waals surface area contributed by atoms with Gasteiger partial charge in [0.2, 0.25) is 0 Å². The van der Waals surface area contributed by atoms with Gasteiger partial charge >= 0.3 is 11.8 Å². The van der Waals surface area contributed by atoms with E-state index < -0.39 is 0 Å². The number of carbonyl (C=O) groups is 1. The smallest absolute Gasteiger partial charge is 0.326 e. The molecule has 0 aliphatic carbocycles. The highest BCUT2D eigenvalue weighted by atomic mass is 32.2. The Bertz CT molecular complexity index is 638. The zero-order chi connectivity index (χ0) is 17.7. The van der Waals surface area contributed by atoms with E-state index >= 15 is 0 Å². The van der Waals surface area contributed by atoms with Crippen LogP contribution in [-0.2, 0) is 22.0 Å². The molecule has 0 spiro atoms. The number of carbonyl (C=O) groups excluding carboxylic acids is 1. The summed E-state index contributed by atoms with van der Waals surface area (Å²) in [5, 5.41) is 0. The topological polar surface area (TPSA) is 42.5 Å². The van der Waals surface area contributed by atoms with Gasteiger partial charge in [-0.1, -0.05) is 6.42 Å². The third kappa shape index (κ3) is 4.38. The van der Waals surface area contributed by atoms with E-state index in [1.165, 1.54) is 16.2 Å². The van der Waals surface area contributed by atoms with Gasteiger partial charge in [0, 0.05) is 11.3 Å². The zero-order valence-electron chi connectivity index (χ0n) is 15.5. The number of nitrogens with zero attached hydrogens (tertiary/aromatic N) is 2. The molecule has 132 valence electrons. The lowest BCUT2D eigenvalue weighted by Crippen LogP contribution is -2.30. The highest BCUT2D eigenvalue weighted by Gasteiger charge is 2.40. The van der Waals surface area contributed by atoms with E-state index in [0.717, 1.165) is 30.8 Å². The second-order valence-electron chi connectivity index (χ2n) is 6.81. The SMILES string of the molecule is CCOC(=O)CCCCCSc1cc2c([n+](C)c1)N=C(C)C2(C)C. The number of aromatic nitrogens is 1. The number of unbranched alkanes of at least 4 members (excludes halogenated alkanes) is 2. The van der Waals surface area contributed by atoms with Crippen LogP contribution in [0.25, 0.3) is 0 Å². The fourth-order valence-electron chi connectivity index (χ4n) is 2.83. The lowest BCUT2D eigenvalue weighted by molar-refractivity contribution is -0.660. The van der Waals surface area contributed by atoms with Gasteiger partial charge in [-0.05, 0) is 57.3 Å². The molecule has 0 saturated heterocycles. The number of pyridine rings is 1. The Morgan fingerprint density at radius 3 is 2.79 bits per heavy atom. The highest BCUT2D eigenvalue weighted by Crippen LogP contribution is 2.39. The van der Waals surface area contributed by atoms with E-state index in [0.29, 0.717) is 13.0 Å².